The van der Waals surface area contributed by atoms with Crippen LogP contribution in [0.25, 0.3) is 0 Å². The third-order valence-electron chi connectivity index (χ3n) is 3.49. The summed E-state index contributed by atoms with van der Waals surface area (Å²) in [6, 6.07) is 6.04. The second-order valence-electron chi connectivity index (χ2n) is 5.94. The first-order chi connectivity index (χ1) is 9.79. The van der Waals surface area contributed by atoms with Crippen molar-refractivity contribution in [1.82, 2.24) is 10.0 Å². The Balaban J connectivity index is 2.14. The van der Waals surface area contributed by atoms with Gasteiger partial charge in [0.15, 0.2) is 0 Å². The van der Waals surface area contributed by atoms with Crippen molar-refractivity contribution in [2.45, 2.75) is 50.6 Å². The Morgan fingerprint density at radius 2 is 1.76 bits per heavy atom. The topological polar surface area (TPSA) is 75.3 Å². The molecule has 6 heteroatoms. The number of sulfonamides is 1. The molecule has 1 aromatic carbocycles. The zero-order chi connectivity index (χ0) is 15.6. The Morgan fingerprint density at radius 3 is 2.24 bits per heavy atom. The molecule has 1 atom stereocenters. The van der Waals surface area contributed by atoms with Crippen molar-refractivity contribution in [3.05, 3.63) is 29.8 Å². The number of carbonyl (C=O) groups is 1. The summed E-state index contributed by atoms with van der Waals surface area (Å²) in [6.07, 6.45) is 1.95. The first-order valence-corrected chi connectivity index (χ1v) is 8.67. The molecule has 0 radical (unpaired) electrons. The van der Waals surface area contributed by atoms with Crippen molar-refractivity contribution in [3.8, 4) is 0 Å². The number of hydrogen-bond donors (Lipinski definition) is 2. The molecule has 1 aliphatic carbocycles. The minimum atomic E-state index is -3.69. The fraction of sp³-hybridized carbons (Fsp3) is 0.533. The second kappa shape index (κ2) is 6.15. The molecule has 116 valence electrons. The molecule has 1 aliphatic rings. The molecule has 0 bridgehead atoms. The Kier molecular flexibility index (Phi) is 4.68. The summed E-state index contributed by atoms with van der Waals surface area (Å²) in [7, 11) is -3.69. The molecule has 5 nitrogen and oxygen atoms in total. The molecule has 0 heterocycles. The summed E-state index contributed by atoms with van der Waals surface area (Å²) in [5, 5.41) is 2.85. The molecule has 1 aromatic rings. The highest BCUT2D eigenvalue weighted by molar-refractivity contribution is 7.89. The number of hydrogen-bond acceptors (Lipinski definition) is 3. The highest BCUT2D eigenvalue weighted by Crippen LogP contribution is 2.20. The fourth-order valence-electron chi connectivity index (χ4n) is 1.96. The number of amides is 1. The number of carbonyl (C=O) groups excluding carboxylic acids is 1. The summed E-state index contributed by atoms with van der Waals surface area (Å²) in [6.45, 7) is 5.55. The Morgan fingerprint density at radius 1 is 1.19 bits per heavy atom. The van der Waals surface area contributed by atoms with Gasteiger partial charge in [0, 0.05) is 6.04 Å². The monoisotopic (exact) mass is 310 g/mol. The minimum Gasteiger partial charge on any atom is -0.352 e. The standard InChI is InChI=1S/C15H22N2O3S/c1-10(2)14(15(18)16-12-6-7-12)17-21(19,20)13-8-4-11(3)5-9-13/h4-5,8-10,12,14,17H,6-7H2,1-3H3,(H,16,18)/t14-/m1/s1. The van der Waals surface area contributed by atoms with E-state index in [2.05, 4.69) is 10.0 Å². The molecule has 2 rings (SSSR count). The van der Waals surface area contributed by atoms with Crippen molar-refractivity contribution < 1.29 is 13.2 Å². The van der Waals surface area contributed by atoms with Gasteiger partial charge < -0.3 is 5.32 Å². The van der Waals surface area contributed by atoms with Crippen LogP contribution >= 0.6 is 0 Å². The largest absolute Gasteiger partial charge is 0.352 e. The highest BCUT2D eigenvalue weighted by atomic mass is 32.2. The average Bonchev–Trinajstić information content (AvgIpc) is 3.20. The second-order valence-corrected chi connectivity index (χ2v) is 7.65. The minimum absolute atomic E-state index is 0.121. The van der Waals surface area contributed by atoms with Crippen molar-refractivity contribution >= 4 is 15.9 Å². The van der Waals surface area contributed by atoms with E-state index < -0.39 is 16.1 Å². The molecule has 0 aliphatic heterocycles. The van der Waals surface area contributed by atoms with Gasteiger partial charge in [0.05, 0.1) is 4.90 Å². The lowest BCUT2D eigenvalue weighted by molar-refractivity contribution is -0.123. The predicted octanol–water partition coefficient (Wildman–Crippen LogP) is 1.58. The Labute approximate surface area is 126 Å². The van der Waals surface area contributed by atoms with Crippen LogP contribution in [-0.2, 0) is 14.8 Å². The van der Waals surface area contributed by atoms with Crippen LogP contribution in [0.3, 0.4) is 0 Å². The smallest absolute Gasteiger partial charge is 0.241 e. The van der Waals surface area contributed by atoms with Crippen molar-refractivity contribution in [2.75, 3.05) is 0 Å². The molecular weight excluding hydrogens is 288 g/mol. The van der Waals surface area contributed by atoms with Crippen molar-refractivity contribution in [1.29, 1.82) is 0 Å². The van der Waals surface area contributed by atoms with Crippen LogP contribution in [-0.4, -0.2) is 26.4 Å². The van der Waals surface area contributed by atoms with Gasteiger partial charge in [0.25, 0.3) is 0 Å². The first-order valence-electron chi connectivity index (χ1n) is 7.19. The quantitative estimate of drug-likeness (QED) is 0.837. The maximum absolute atomic E-state index is 12.4. The van der Waals surface area contributed by atoms with Crippen LogP contribution in [0.15, 0.2) is 29.2 Å². The molecule has 2 N–H and O–H groups in total. The van der Waals surface area contributed by atoms with Gasteiger partial charge in [-0.3, -0.25) is 4.79 Å². The van der Waals surface area contributed by atoms with Gasteiger partial charge in [0.1, 0.15) is 6.04 Å². The molecule has 0 saturated heterocycles. The van der Waals surface area contributed by atoms with E-state index in [9.17, 15) is 13.2 Å². The average molecular weight is 310 g/mol. The summed E-state index contributed by atoms with van der Waals surface area (Å²) in [4.78, 5) is 12.3. The summed E-state index contributed by atoms with van der Waals surface area (Å²) in [5.41, 5.74) is 0.987. The lowest BCUT2D eigenvalue weighted by atomic mass is 10.1. The maximum atomic E-state index is 12.4. The van der Waals surface area contributed by atoms with Gasteiger partial charge in [-0.2, -0.15) is 4.72 Å². The van der Waals surface area contributed by atoms with E-state index in [0.29, 0.717) is 0 Å². The molecular formula is C15H22N2O3S. The van der Waals surface area contributed by atoms with Crippen LogP contribution in [0.1, 0.15) is 32.3 Å². The lowest BCUT2D eigenvalue weighted by Crippen LogP contribution is -2.50. The molecule has 1 amide bonds. The van der Waals surface area contributed by atoms with E-state index in [0.717, 1.165) is 18.4 Å². The van der Waals surface area contributed by atoms with E-state index >= 15 is 0 Å². The third kappa shape index (κ3) is 4.28. The first kappa shape index (κ1) is 16.0. The zero-order valence-corrected chi connectivity index (χ0v) is 13.4. The number of benzene rings is 1. The molecule has 0 spiro atoms. The maximum Gasteiger partial charge on any atom is 0.241 e. The van der Waals surface area contributed by atoms with E-state index in [1.165, 1.54) is 0 Å². The molecule has 21 heavy (non-hydrogen) atoms. The van der Waals surface area contributed by atoms with Crippen LogP contribution in [0.2, 0.25) is 0 Å². The van der Waals surface area contributed by atoms with Gasteiger partial charge >= 0.3 is 0 Å². The van der Waals surface area contributed by atoms with E-state index in [1.54, 1.807) is 24.3 Å². The van der Waals surface area contributed by atoms with Crippen LogP contribution in [0.5, 0.6) is 0 Å². The van der Waals surface area contributed by atoms with Crippen LogP contribution in [0.4, 0.5) is 0 Å². The van der Waals surface area contributed by atoms with Gasteiger partial charge in [-0.1, -0.05) is 31.5 Å². The summed E-state index contributed by atoms with van der Waals surface area (Å²) in [5.74, 6) is -0.368. The predicted molar refractivity (Wildman–Crippen MR) is 81.3 cm³/mol. The fourth-order valence-corrected chi connectivity index (χ4v) is 3.31. The molecule has 1 fully saturated rings. The highest BCUT2D eigenvalue weighted by Gasteiger charge is 2.32. The lowest BCUT2D eigenvalue weighted by Gasteiger charge is -2.21. The molecule has 1 saturated carbocycles. The van der Waals surface area contributed by atoms with Gasteiger partial charge in [-0.05, 0) is 37.8 Å². The SMILES string of the molecule is Cc1ccc(S(=O)(=O)N[C@@H](C(=O)NC2CC2)C(C)C)cc1. The van der Waals surface area contributed by atoms with Crippen molar-refractivity contribution in [2.24, 2.45) is 5.92 Å². The van der Waals surface area contributed by atoms with Crippen molar-refractivity contribution in [3.63, 3.8) is 0 Å². The van der Waals surface area contributed by atoms with E-state index in [1.807, 2.05) is 20.8 Å². The summed E-state index contributed by atoms with van der Waals surface area (Å²) < 4.78 is 27.3. The normalized spacial score (nSPS) is 16.8. The van der Waals surface area contributed by atoms with E-state index in [-0.39, 0.29) is 22.8 Å². The molecule has 0 unspecified atom stereocenters. The van der Waals surface area contributed by atoms with E-state index in [4.69, 9.17) is 0 Å². The van der Waals surface area contributed by atoms with Crippen LogP contribution < -0.4 is 10.0 Å². The van der Waals surface area contributed by atoms with Gasteiger partial charge in [0.2, 0.25) is 15.9 Å². The Bertz CT molecular complexity index is 604. The summed E-state index contributed by atoms with van der Waals surface area (Å²) >= 11 is 0. The van der Waals surface area contributed by atoms with Gasteiger partial charge in [-0.25, -0.2) is 8.42 Å². The third-order valence-corrected chi connectivity index (χ3v) is 4.94. The van der Waals surface area contributed by atoms with Gasteiger partial charge in [-0.15, -0.1) is 0 Å². The molecule has 0 aromatic heterocycles. The van der Waals surface area contributed by atoms with Crippen LogP contribution in [0, 0.1) is 12.8 Å². The Hall–Kier alpha value is -1.40. The zero-order valence-electron chi connectivity index (χ0n) is 12.6. The number of rotatable bonds is 6. The number of nitrogens with one attached hydrogen (secondary N) is 2. The number of aryl methyl sites for hydroxylation is 1.